The molecule has 0 aromatic heterocycles. The summed E-state index contributed by atoms with van der Waals surface area (Å²) >= 11 is 2.26. The van der Waals surface area contributed by atoms with Crippen LogP contribution in [0.3, 0.4) is 0 Å². The molecule has 1 saturated heterocycles. The Balaban J connectivity index is 2.21. The van der Waals surface area contributed by atoms with E-state index in [-0.39, 0.29) is 0 Å². The Bertz CT molecular complexity index is 166. The lowest BCUT2D eigenvalue weighted by Gasteiger charge is -2.33. The summed E-state index contributed by atoms with van der Waals surface area (Å²) in [6, 6.07) is 0.481. The van der Waals surface area contributed by atoms with Crippen LogP contribution in [0, 0.1) is 0 Å². The van der Waals surface area contributed by atoms with Gasteiger partial charge in [0.25, 0.3) is 0 Å². The zero-order valence-corrected chi connectivity index (χ0v) is 12.6. The summed E-state index contributed by atoms with van der Waals surface area (Å²) in [6.45, 7) is 4.57. The minimum Gasteiger partial charge on any atom is -0.328 e. The zero-order valence-electron chi connectivity index (χ0n) is 11.8. The molecule has 1 rings (SSSR count). The third-order valence-corrected chi connectivity index (χ3v) is 5.40. The Kier molecular flexibility index (Phi) is 8.38. The van der Waals surface area contributed by atoms with Gasteiger partial charge in [-0.1, -0.05) is 52.4 Å². The van der Waals surface area contributed by atoms with Crippen molar-refractivity contribution in [1.29, 1.82) is 0 Å². The number of hydrogen-bond acceptors (Lipinski definition) is 2. The molecule has 2 unspecified atom stereocenters. The van der Waals surface area contributed by atoms with Crippen LogP contribution in [0.1, 0.15) is 78.1 Å². The molecule has 1 heterocycles. The van der Waals surface area contributed by atoms with E-state index in [4.69, 9.17) is 5.73 Å². The Hall–Kier alpha value is 0.310. The van der Waals surface area contributed by atoms with Gasteiger partial charge in [-0.15, -0.1) is 0 Å². The normalized spacial score (nSPS) is 29.5. The summed E-state index contributed by atoms with van der Waals surface area (Å²) in [5, 5.41) is 1.72. The van der Waals surface area contributed by atoms with Crippen molar-refractivity contribution in [3.8, 4) is 0 Å². The molecule has 102 valence electrons. The Morgan fingerprint density at radius 3 is 1.76 bits per heavy atom. The summed E-state index contributed by atoms with van der Waals surface area (Å²) in [5.41, 5.74) is 6.21. The standard InChI is InChI=1S/C15H31NS/c1-3-5-7-9-14-11-13(16)12-15(17-14)10-8-6-4-2/h13-15H,3-12,16H2,1-2H3. The molecular formula is C15H31NS. The van der Waals surface area contributed by atoms with Crippen LogP contribution in [0.25, 0.3) is 0 Å². The summed E-state index contributed by atoms with van der Waals surface area (Å²) in [7, 11) is 0. The van der Waals surface area contributed by atoms with Gasteiger partial charge in [-0.2, -0.15) is 11.8 Å². The van der Waals surface area contributed by atoms with E-state index in [1.54, 1.807) is 0 Å². The lowest BCUT2D eigenvalue weighted by molar-refractivity contribution is 0.477. The average molecular weight is 257 g/mol. The first-order valence-electron chi connectivity index (χ1n) is 7.67. The largest absolute Gasteiger partial charge is 0.328 e. The lowest BCUT2D eigenvalue weighted by atomic mass is 9.99. The van der Waals surface area contributed by atoms with Crippen LogP contribution in [-0.2, 0) is 0 Å². The topological polar surface area (TPSA) is 26.0 Å². The van der Waals surface area contributed by atoms with Crippen molar-refractivity contribution < 1.29 is 0 Å². The second-order valence-corrected chi connectivity index (χ2v) is 7.21. The fourth-order valence-electron chi connectivity index (χ4n) is 2.77. The van der Waals surface area contributed by atoms with E-state index in [1.165, 1.54) is 64.2 Å². The number of rotatable bonds is 8. The van der Waals surface area contributed by atoms with Crippen LogP contribution >= 0.6 is 11.8 Å². The minimum absolute atomic E-state index is 0.481. The van der Waals surface area contributed by atoms with Gasteiger partial charge in [-0.25, -0.2) is 0 Å². The van der Waals surface area contributed by atoms with Gasteiger partial charge in [0.1, 0.15) is 0 Å². The molecule has 2 atom stereocenters. The van der Waals surface area contributed by atoms with Gasteiger partial charge in [0, 0.05) is 16.5 Å². The molecule has 0 aromatic carbocycles. The molecule has 0 radical (unpaired) electrons. The van der Waals surface area contributed by atoms with E-state index in [9.17, 15) is 0 Å². The summed E-state index contributed by atoms with van der Waals surface area (Å²) in [4.78, 5) is 0. The van der Waals surface area contributed by atoms with Crippen LogP contribution in [-0.4, -0.2) is 16.5 Å². The first-order valence-corrected chi connectivity index (χ1v) is 8.61. The van der Waals surface area contributed by atoms with Gasteiger partial charge in [-0.05, 0) is 25.7 Å². The highest BCUT2D eigenvalue weighted by Gasteiger charge is 2.26. The number of thioether (sulfide) groups is 1. The summed E-state index contributed by atoms with van der Waals surface area (Å²) in [6.07, 6.45) is 13.6. The highest BCUT2D eigenvalue weighted by atomic mass is 32.2. The molecule has 1 nitrogen and oxygen atoms in total. The number of hydrogen-bond donors (Lipinski definition) is 1. The van der Waals surface area contributed by atoms with Crippen LogP contribution < -0.4 is 5.73 Å². The maximum atomic E-state index is 6.21. The monoisotopic (exact) mass is 257 g/mol. The number of unbranched alkanes of at least 4 members (excludes halogenated alkanes) is 4. The van der Waals surface area contributed by atoms with E-state index in [0.717, 1.165) is 10.5 Å². The number of nitrogens with two attached hydrogens (primary N) is 1. The van der Waals surface area contributed by atoms with Crippen LogP contribution in [0.15, 0.2) is 0 Å². The van der Waals surface area contributed by atoms with E-state index in [0.29, 0.717) is 6.04 Å². The summed E-state index contributed by atoms with van der Waals surface area (Å²) in [5.74, 6) is 0. The lowest BCUT2D eigenvalue weighted by Crippen LogP contribution is -2.34. The first-order chi connectivity index (χ1) is 8.26. The van der Waals surface area contributed by atoms with Crippen molar-refractivity contribution in [3.05, 3.63) is 0 Å². The van der Waals surface area contributed by atoms with Gasteiger partial charge in [0.2, 0.25) is 0 Å². The van der Waals surface area contributed by atoms with E-state index in [1.807, 2.05) is 0 Å². The second-order valence-electron chi connectivity index (χ2n) is 5.60. The minimum atomic E-state index is 0.481. The van der Waals surface area contributed by atoms with Crippen LogP contribution in [0.5, 0.6) is 0 Å². The van der Waals surface area contributed by atoms with Crippen molar-refractivity contribution in [2.45, 2.75) is 94.6 Å². The third-order valence-electron chi connectivity index (χ3n) is 3.78. The molecule has 17 heavy (non-hydrogen) atoms. The van der Waals surface area contributed by atoms with Crippen LogP contribution in [0.4, 0.5) is 0 Å². The van der Waals surface area contributed by atoms with Gasteiger partial charge in [-0.3, -0.25) is 0 Å². The maximum absolute atomic E-state index is 6.21. The second kappa shape index (κ2) is 9.27. The average Bonchev–Trinajstić information content (AvgIpc) is 2.29. The van der Waals surface area contributed by atoms with E-state index < -0.39 is 0 Å². The SMILES string of the molecule is CCCCCC1CC(N)CC(CCCCC)S1. The fraction of sp³-hybridized carbons (Fsp3) is 1.00. The molecule has 2 N–H and O–H groups in total. The Morgan fingerprint density at radius 1 is 0.882 bits per heavy atom. The first kappa shape index (κ1) is 15.4. The van der Waals surface area contributed by atoms with Gasteiger partial charge < -0.3 is 5.73 Å². The summed E-state index contributed by atoms with van der Waals surface area (Å²) < 4.78 is 0. The molecule has 1 aliphatic rings. The molecule has 0 aliphatic carbocycles. The third kappa shape index (κ3) is 6.71. The Morgan fingerprint density at radius 2 is 1.35 bits per heavy atom. The van der Waals surface area contributed by atoms with Crippen LogP contribution in [0.2, 0.25) is 0 Å². The fourth-order valence-corrected chi connectivity index (χ4v) is 4.64. The van der Waals surface area contributed by atoms with Gasteiger partial charge in [0.05, 0.1) is 0 Å². The quantitative estimate of drug-likeness (QED) is 0.636. The molecule has 0 saturated carbocycles. The molecule has 2 heteroatoms. The van der Waals surface area contributed by atoms with Crippen molar-refractivity contribution in [3.63, 3.8) is 0 Å². The molecule has 0 aromatic rings. The van der Waals surface area contributed by atoms with Gasteiger partial charge in [0.15, 0.2) is 0 Å². The molecule has 0 amide bonds. The predicted octanol–water partition coefficient (Wildman–Crippen LogP) is 4.74. The molecule has 1 fully saturated rings. The van der Waals surface area contributed by atoms with Crippen molar-refractivity contribution in [2.24, 2.45) is 5.73 Å². The molecule has 0 bridgehead atoms. The molecular weight excluding hydrogens is 226 g/mol. The van der Waals surface area contributed by atoms with Crippen molar-refractivity contribution >= 4 is 11.8 Å². The predicted molar refractivity (Wildman–Crippen MR) is 80.7 cm³/mol. The molecule has 1 aliphatic heterocycles. The van der Waals surface area contributed by atoms with Crippen molar-refractivity contribution in [1.82, 2.24) is 0 Å². The molecule has 0 spiro atoms. The van der Waals surface area contributed by atoms with Crippen molar-refractivity contribution in [2.75, 3.05) is 0 Å². The highest BCUT2D eigenvalue weighted by molar-refractivity contribution is 8.00. The van der Waals surface area contributed by atoms with E-state index >= 15 is 0 Å². The highest BCUT2D eigenvalue weighted by Crippen LogP contribution is 2.36. The van der Waals surface area contributed by atoms with Gasteiger partial charge >= 0.3 is 0 Å². The Labute approximate surface area is 112 Å². The zero-order chi connectivity index (χ0) is 12.5. The smallest absolute Gasteiger partial charge is 0.00645 e. The maximum Gasteiger partial charge on any atom is 0.00645 e. The van der Waals surface area contributed by atoms with E-state index in [2.05, 4.69) is 25.6 Å².